The van der Waals surface area contributed by atoms with Gasteiger partial charge in [-0.25, -0.2) is 0 Å². The smallest absolute Gasteiger partial charge is 0.197 e. The minimum Gasteiger partial charge on any atom is -0.508 e. The Morgan fingerprint density at radius 1 is 1.38 bits per heavy atom. The fourth-order valence-corrected chi connectivity index (χ4v) is 0.766. The SMILES string of the molecule is OC(Br)=C(O)CCBr. The van der Waals surface area contributed by atoms with E-state index in [2.05, 4.69) is 31.9 Å². The zero-order chi connectivity index (χ0) is 6.57. The Kier molecular flexibility index (Phi) is 4.36. The first-order valence-corrected chi connectivity index (χ1v) is 3.92. The first-order chi connectivity index (χ1) is 3.68. The monoisotopic (exact) mass is 244 g/mol. The quantitative estimate of drug-likeness (QED) is 0.580. The number of halogens is 2. The number of aliphatic hydroxyl groups is 2. The lowest BCUT2D eigenvalue weighted by Gasteiger charge is -1.93. The Morgan fingerprint density at radius 3 is 2.00 bits per heavy atom. The van der Waals surface area contributed by atoms with Gasteiger partial charge >= 0.3 is 0 Å². The van der Waals surface area contributed by atoms with E-state index in [0.29, 0.717) is 11.8 Å². The summed E-state index contributed by atoms with van der Waals surface area (Å²) in [6.45, 7) is 0. The highest BCUT2D eigenvalue weighted by Gasteiger charge is 1.96. The molecule has 0 aromatic carbocycles. The molecule has 0 aliphatic heterocycles. The van der Waals surface area contributed by atoms with Crippen molar-refractivity contribution in [1.29, 1.82) is 0 Å². The Bertz CT molecular complexity index is 96.2. The molecule has 2 nitrogen and oxygen atoms in total. The molecule has 0 aromatic heterocycles. The summed E-state index contributed by atoms with van der Waals surface area (Å²) in [4.78, 5) is 0. The van der Waals surface area contributed by atoms with Gasteiger partial charge in [-0.3, -0.25) is 0 Å². The zero-order valence-electron chi connectivity index (χ0n) is 4.06. The standard InChI is InChI=1S/C4H6Br2O2/c5-2-1-3(7)4(6)8/h7-8H,1-2H2. The first-order valence-electron chi connectivity index (χ1n) is 2.01. The minimum atomic E-state index is -0.183. The van der Waals surface area contributed by atoms with Crippen LogP contribution >= 0.6 is 31.9 Å². The number of hydrogen-bond donors (Lipinski definition) is 2. The van der Waals surface area contributed by atoms with Gasteiger partial charge in [-0.1, -0.05) is 15.9 Å². The summed E-state index contributed by atoms with van der Waals surface area (Å²) in [5.41, 5.74) is 0. The molecule has 0 radical (unpaired) electrons. The van der Waals surface area contributed by atoms with Crippen LogP contribution < -0.4 is 0 Å². The topological polar surface area (TPSA) is 40.5 Å². The number of aliphatic hydroxyl groups excluding tert-OH is 2. The van der Waals surface area contributed by atoms with E-state index < -0.39 is 0 Å². The van der Waals surface area contributed by atoms with Crippen molar-refractivity contribution in [2.24, 2.45) is 0 Å². The van der Waals surface area contributed by atoms with Crippen LogP contribution in [0.2, 0.25) is 0 Å². The molecule has 0 atom stereocenters. The molecule has 0 spiro atoms. The molecule has 0 unspecified atom stereocenters. The fourth-order valence-electron chi connectivity index (χ4n) is 0.193. The maximum Gasteiger partial charge on any atom is 0.197 e. The molecule has 0 heterocycles. The van der Waals surface area contributed by atoms with Crippen LogP contribution in [-0.2, 0) is 0 Å². The van der Waals surface area contributed by atoms with Gasteiger partial charge in [0.15, 0.2) is 4.67 Å². The fraction of sp³-hybridized carbons (Fsp3) is 0.500. The third-order valence-corrected chi connectivity index (χ3v) is 1.42. The van der Waals surface area contributed by atoms with E-state index in [0.717, 1.165) is 0 Å². The van der Waals surface area contributed by atoms with Crippen LogP contribution in [0.4, 0.5) is 0 Å². The third kappa shape index (κ3) is 3.32. The normalized spacial score (nSPS) is 13.2. The third-order valence-electron chi connectivity index (χ3n) is 0.569. The van der Waals surface area contributed by atoms with Gasteiger partial charge in [0.25, 0.3) is 0 Å². The van der Waals surface area contributed by atoms with Crippen molar-refractivity contribution in [3.05, 3.63) is 10.4 Å². The van der Waals surface area contributed by atoms with E-state index in [1.54, 1.807) is 0 Å². The van der Waals surface area contributed by atoms with Crippen LogP contribution in [0.3, 0.4) is 0 Å². The van der Waals surface area contributed by atoms with Crippen LogP contribution in [0.25, 0.3) is 0 Å². The van der Waals surface area contributed by atoms with E-state index in [1.165, 1.54) is 0 Å². The van der Waals surface area contributed by atoms with E-state index >= 15 is 0 Å². The Labute approximate surface area is 64.5 Å². The van der Waals surface area contributed by atoms with Crippen LogP contribution in [0.5, 0.6) is 0 Å². The zero-order valence-corrected chi connectivity index (χ0v) is 7.24. The molecule has 0 saturated carbocycles. The number of allylic oxidation sites excluding steroid dienone is 1. The molecule has 8 heavy (non-hydrogen) atoms. The molecular formula is C4H6Br2O2. The number of rotatable bonds is 2. The maximum atomic E-state index is 8.68. The Morgan fingerprint density at radius 2 is 1.88 bits per heavy atom. The molecule has 2 N–H and O–H groups in total. The molecule has 0 saturated heterocycles. The molecular weight excluding hydrogens is 240 g/mol. The molecule has 0 bridgehead atoms. The molecule has 0 fully saturated rings. The van der Waals surface area contributed by atoms with Crippen LogP contribution in [0.1, 0.15) is 6.42 Å². The summed E-state index contributed by atoms with van der Waals surface area (Å²) in [6.07, 6.45) is 0.442. The van der Waals surface area contributed by atoms with Crippen molar-refractivity contribution < 1.29 is 10.2 Å². The molecule has 0 rings (SSSR count). The lowest BCUT2D eigenvalue weighted by Crippen LogP contribution is -1.84. The van der Waals surface area contributed by atoms with Crippen LogP contribution in [0.15, 0.2) is 10.4 Å². The Balaban J connectivity index is 3.62. The minimum absolute atomic E-state index is 0.0260. The van der Waals surface area contributed by atoms with Crippen molar-refractivity contribution in [1.82, 2.24) is 0 Å². The largest absolute Gasteiger partial charge is 0.508 e. The van der Waals surface area contributed by atoms with Gasteiger partial charge in [0.1, 0.15) is 5.76 Å². The lowest BCUT2D eigenvalue weighted by atomic mass is 10.4. The summed E-state index contributed by atoms with van der Waals surface area (Å²) in [5, 5.41) is 17.8. The van der Waals surface area contributed by atoms with E-state index in [4.69, 9.17) is 10.2 Å². The highest BCUT2D eigenvalue weighted by molar-refractivity contribution is 9.11. The van der Waals surface area contributed by atoms with E-state index in [-0.39, 0.29) is 10.4 Å². The van der Waals surface area contributed by atoms with Crippen molar-refractivity contribution in [2.45, 2.75) is 6.42 Å². The van der Waals surface area contributed by atoms with Gasteiger partial charge in [0.05, 0.1) is 0 Å². The molecule has 0 aliphatic rings. The number of alkyl halides is 1. The molecule has 0 amide bonds. The van der Waals surface area contributed by atoms with Crippen molar-refractivity contribution in [2.75, 3.05) is 5.33 Å². The second-order valence-corrected chi connectivity index (χ2v) is 2.72. The predicted octanol–water partition coefficient (Wildman–Crippen LogP) is 2.45. The predicted molar refractivity (Wildman–Crippen MR) is 39.6 cm³/mol. The lowest BCUT2D eigenvalue weighted by molar-refractivity contribution is 0.343. The highest BCUT2D eigenvalue weighted by Crippen LogP contribution is 2.09. The average Bonchev–Trinajstić information content (AvgIpc) is 1.67. The first kappa shape index (κ1) is 8.30. The van der Waals surface area contributed by atoms with Crippen LogP contribution in [-0.4, -0.2) is 15.5 Å². The van der Waals surface area contributed by atoms with Crippen LogP contribution in [0, 0.1) is 0 Å². The van der Waals surface area contributed by atoms with Crippen molar-refractivity contribution in [3.63, 3.8) is 0 Å². The summed E-state index contributed by atoms with van der Waals surface area (Å²) in [6, 6.07) is 0. The average molecular weight is 246 g/mol. The second kappa shape index (κ2) is 4.21. The van der Waals surface area contributed by atoms with Crippen molar-refractivity contribution in [3.8, 4) is 0 Å². The molecule has 0 aliphatic carbocycles. The van der Waals surface area contributed by atoms with Gasteiger partial charge in [-0.2, -0.15) is 0 Å². The van der Waals surface area contributed by atoms with Gasteiger partial charge in [-0.05, 0) is 15.9 Å². The summed E-state index contributed by atoms with van der Waals surface area (Å²) in [7, 11) is 0. The summed E-state index contributed by atoms with van der Waals surface area (Å²) >= 11 is 5.80. The Hall–Kier alpha value is 0.300. The molecule has 4 heteroatoms. The second-order valence-electron chi connectivity index (χ2n) is 1.18. The maximum absolute atomic E-state index is 8.68. The number of hydrogen-bond acceptors (Lipinski definition) is 2. The highest BCUT2D eigenvalue weighted by atomic mass is 79.9. The van der Waals surface area contributed by atoms with Gasteiger partial charge in [-0.15, -0.1) is 0 Å². The van der Waals surface area contributed by atoms with Gasteiger partial charge in [0.2, 0.25) is 0 Å². The van der Waals surface area contributed by atoms with E-state index in [1.807, 2.05) is 0 Å². The molecule has 0 aromatic rings. The van der Waals surface area contributed by atoms with Gasteiger partial charge < -0.3 is 10.2 Å². The van der Waals surface area contributed by atoms with Gasteiger partial charge in [0, 0.05) is 11.8 Å². The summed E-state index contributed by atoms with van der Waals surface area (Å²) in [5.74, 6) is -0.0260. The van der Waals surface area contributed by atoms with Crippen molar-refractivity contribution >= 4 is 31.9 Å². The van der Waals surface area contributed by atoms with E-state index in [9.17, 15) is 0 Å². The molecule has 48 valence electrons. The summed E-state index contributed by atoms with van der Waals surface area (Å²) < 4.78 is -0.183.